The summed E-state index contributed by atoms with van der Waals surface area (Å²) in [5.41, 5.74) is 21.4. The maximum Gasteiger partial charge on any atom is 0.323 e. The zero-order chi connectivity index (χ0) is 26.9. The standard InChI is InChI=1S/C23H23N5O.CH5N3.CH4N2/c1-16(28-25-2)17-8-12-20(13-9-17)26-23(29)27-21-14-10-19(11-15-21)22(24)18-6-4-3-5-7-18;2-1(3)4;2-1-3/h3-15,24-25H,1-2H3,(H2,26,27,29);(H5,2,3,4);1H,(H3,2,3)/b24-22?,28-16+;;. The molecule has 11 heteroatoms. The van der Waals surface area contributed by atoms with Gasteiger partial charge in [-0.05, 0) is 42.3 Å². The Morgan fingerprint density at radius 3 is 1.61 bits per heavy atom. The number of nitrogens with two attached hydrogens (primary N) is 3. The summed E-state index contributed by atoms with van der Waals surface area (Å²) in [7, 11) is 1.75. The minimum Gasteiger partial charge on any atom is -0.390 e. The molecule has 0 spiro atoms. The SMILES string of the molecule is CN/N=C(\C)c1ccc(NC(=O)Nc2ccc(C(=N)c3ccccc3)cc2)cc1.N=C(N)N.N=CN. The molecule has 188 valence electrons. The summed E-state index contributed by atoms with van der Waals surface area (Å²) < 4.78 is 0. The first-order chi connectivity index (χ1) is 17.2. The molecule has 0 aromatic heterocycles. The molecule has 0 saturated heterocycles. The minimum atomic E-state index is -0.333. The highest BCUT2D eigenvalue weighted by Crippen LogP contribution is 2.15. The third-order valence-electron chi connectivity index (χ3n) is 4.33. The van der Waals surface area contributed by atoms with Crippen molar-refractivity contribution in [2.45, 2.75) is 6.92 Å². The quantitative estimate of drug-likeness (QED) is 0.145. The molecule has 12 N–H and O–H groups in total. The van der Waals surface area contributed by atoms with E-state index in [0.717, 1.165) is 28.7 Å². The maximum atomic E-state index is 12.2. The highest BCUT2D eigenvalue weighted by Gasteiger charge is 2.07. The second kappa shape index (κ2) is 15.6. The van der Waals surface area contributed by atoms with Gasteiger partial charge in [-0.1, -0.05) is 54.6 Å². The molecule has 0 aliphatic carbocycles. The van der Waals surface area contributed by atoms with Gasteiger partial charge < -0.3 is 33.3 Å². The molecule has 0 atom stereocenters. The van der Waals surface area contributed by atoms with Crippen LogP contribution in [0.5, 0.6) is 0 Å². The monoisotopic (exact) mass is 488 g/mol. The van der Waals surface area contributed by atoms with E-state index in [2.05, 4.69) is 38.4 Å². The molecular weight excluding hydrogens is 456 g/mol. The summed E-state index contributed by atoms with van der Waals surface area (Å²) in [6.45, 7) is 1.91. The number of amides is 2. The lowest BCUT2D eigenvalue weighted by Crippen LogP contribution is -2.20. The number of nitrogens with zero attached hydrogens (tertiary/aromatic N) is 1. The van der Waals surface area contributed by atoms with Crippen molar-refractivity contribution in [1.82, 2.24) is 5.43 Å². The molecule has 11 nitrogen and oxygen atoms in total. The molecule has 3 rings (SSSR count). The molecule has 0 heterocycles. The third-order valence-corrected chi connectivity index (χ3v) is 4.33. The van der Waals surface area contributed by atoms with Gasteiger partial charge in [-0.3, -0.25) is 16.2 Å². The van der Waals surface area contributed by atoms with E-state index in [0.29, 0.717) is 17.1 Å². The van der Waals surface area contributed by atoms with Crippen LogP contribution in [-0.4, -0.2) is 36.8 Å². The molecule has 2 amide bonds. The highest BCUT2D eigenvalue weighted by atomic mass is 16.2. The van der Waals surface area contributed by atoms with Crippen LogP contribution < -0.4 is 33.3 Å². The fourth-order valence-electron chi connectivity index (χ4n) is 2.81. The number of carbonyl (C=O) groups excluding carboxylic acids is 1. The fourth-order valence-corrected chi connectivity index (χ4v) is 2.81. The van der Waals surface area contributed by atoms with Crippen molar-refractivity contribution < 1.29 is 4.79 Å². The highest BCUT2D eigenvalue weighted by molar-refractivity contribution is 6.11. The summed E-state index contributed by atoms with van der Waals surface area (Å²) in [6.07, 6.45) is 0.750. The average Bonchev–Trinajstić information content (AvgIpc) is 2.85. The van der Waals surface area contributed by atoms with Crippen molar-refractivity contribution in [2.24, 2.45) is 22.3 Å². The van der Waals surface area contributed by atoms with Crippen LogP contribution in [0.4, 0.5) is 16.2 Å². The number of hydrogen-bond acceptors (Lipinski definition) is 6. The van der Waals surface area contributed by atoms with Crippen LogP contribution in [0.2, 0.25) is 0 Å². The van der Waals surface area contributed by atoms with Crippen LogP contribution in [0, 0.1) is 16.2 Å². The Bertz CT molecular complexity index is 1150. The number of hydrazone groups is 1. The molecule has 0 aliphatic heterocycles. The van der Waals surface area contributed by atoms with Gasteiger partial charge in [0.05, 0.1) is 17.8 Å². The lowest BCUT2D eigenvalue weighted by atomic mass is 10.0. The summed E-state index contributed by atoms with van der Waals surface area (Å²) in [6, 6.07) is 23.9. The predicted octanol–water partition coefficient (Wildman–Crippen LogP) is 3.08. The van der Waals surface area contributed by atoms with E-state index in [1.165, 1.54) is 0 Å². The summed E-state index contributed by atoms with van der Waals surface area (Å²) in [5, 5.41) is 29.9. The van der Waals surface area contributed by atoms with Crippen LogP contribution in [-0.2, 0) is 0 Å². The van der Waals surface area contributed by atoms with Crippen molar-refractivity contribution in [3.8, 4) is 0 Å². The first-order valence-electron chi connectivity index (χ1n) is 10.7. The molecule has 0 unspecified atom stereocenters. The molecule has 0 bridgehead atoms. The molecule has 0 saturated carbocycles. The lowest BCUT2D eigenvalue weighted by molar-refractivity contribution is 0.262. The van der Waals surface area contributed by atoms with Crippen molar-refractivity contribution >= 4 is 41.1 Å². The topological polar surface area (TPSA) is 215 Å². The van der Waals surface area contributed by atoms with Crippen molar-refractivity contribution in [2.75, 3.05) is 17.7 Å². The molecule has 0 aliphatic rings. The Morgan fingerprint density at radius 1 is 0.806 bits per heavy atom. The average molecular weight is 489 g/mol. The second-order valence-electron chi connectivity index (χ2n) is 7.02. The van der Waals surface area contributed by atoms with Gasteiger partial charge in [0.2, 0.25) is 0 Å². The molecule has 0 fully saturated rings. The van der Waals surface area contributed by atoms with Crippen LogP contribution >= 0.6 is 0 Å². The van der Waals surface area contributed by atoms with E-state index in [9.17, 15) is 4.79 Å². The number of urea groups is 1. The Balaban J connectivity index is 0.000000825. The zero-order valence-electron chi connectivity index (χ0n) is 20.2. The van der Waals surface area contributed by atoms with E-state index < -0.39 is 0 Å². The largest absolute Gasteiger partial charge is 0.390 e. The Hall–Kier alpha value is -5.19. The number of rotatable bonds is 6. The Kier molecular flexibility index (Phi) is 12.5. The molecular formula is C25H32N10O. The van der Waals surface area contributed by atoms with E-state index in [1.807, 2.05) is 73.7 Å². The van der Waals surface area contributed by atoms with Crippen molar-refractivity contribution in [3.63, 3.8) is 0 Å². The molecule has 0 radical (unpaired) electrons. The van der Waals surface area contributed by atoms with E-state index in [1.54, 1.807) is 19.2 Å². The fraction of sp³-hybridized carbons (Fsp3) is 0.0800. The number of anilines is 2. The molecule has 3 aromatic carbocycles. The molecule has 3 aromatic rings. The Morgan fingerprint density at radius 2 is 1.19 bits per heavy atom. The van der Waals surface area contributed by atoms with Gasteiger partial charge in [0.25, 0.3) is 0 Å². The van der Waals surface area contributed by atoms with Crippen LogP contribution in [0.3, 0.4) is 0 Å². The third kappa shape index (κ3) is 10.6. The van der Waals surface area contributed by atoms with Gasteiger partial charge in [0, 0.05) is 24.0 Å². The van der Waals surface area contributed by atoms with Gasteiger partial charge in [-0.15, -0.1) is 0 Å². The number of benzene rings is 3. The van der Waals surface area contributed by atoms with E-state index in [-0.39, 0.29) is 12.0 Å². The van der Waals surface area contributed by atoms with Crippen LogP contribution in [0.15, 0.2) is 84.0 Å². The van der Waals surface area contributed by atoms with Gasteiger partial charge >= 0.3 is 6.03 Å². The van der Waals surface area contributed by atoms with Crippen molar-refractivity contribution in [1.29, 1.82) is 16.2 Å². The molecule has 36 heavy (non-hydrogen) atoms. The second-order valence-corrected chi connectivity index (χ2v) is 7.02. The summed E-state index contributed by atoms with van der Waals surface area (Å²) in [5.74, 6) is -0.333. The van der Waals surface area contributed by atoms with Crippen LogP contribution in [0.25, 0.3) is 0 Å². The van der Waals surface area contributed by atoms with Gasteiger partial charge in [0.15, 0.2) is 5.96 Å². The van der Waals surface area contributed by atoms with E-state index in [4.69, 9.17) is 16.2 Å². The van der Waals surface area contributed by atoms with Gasteiger partial charge in [0.1, 0.15) is 0 Å². The number of guanidine groups is 1. The zero-order valence-corrected chi connectivity index (χ0v) is 20.2. The van der Waals surface area contributed by atoms with Gasteiger partial charge in [-0.25, -0.2) is 4.79 Å². The lowest BCUT2D eigenvalue weighted by Gasteiger charge is -2.10. The number of hydrogen-bond donors (Lipinski definition) is 9. The number of nitrogens with one attached hydrogen (secondary N) is 6. The van der Waals surface area contributed by atoms with Gasteiger partial charge in [-0.2, -0.15) is 5.10 Å². The smallest absolute Gasteiger partial charge is 0.323 e. The van der Waals surface area contributed by atoms with Crippen LogP contribution in [0.1, 0.15) is 23.6 Å². The van der Waals surface area contributed by atoms with Crippen molar-refractivity contribution in [3.05, 3.63) is 95.6 Å². The Labute approximate surface area is 210 Å². The summed E-state index contributed by atoms with van der Waals surface area (Å²) in [4.78, 5) is 12.2. The number of carbonyl (C=O) groups is 1. The first kappa shape index (κ1) is 28.8. The van der Waals surface area contributed by atoms with E-state index >= 15 is 0 Å². The summed E-state index contributed by atoms with van der Waals surface area (Å²) >= 11 is 0. The normalized spacial score (nSPS) is 9.78. The minimum absolute atomic E-state index is 0.329. The first-order valence-corrected chi connectivity index (χ1v) is 10.7. The predicted molar refractivity (Wildman–Crippen MR) is 148 cm³/mol. The maximum absolute atomic E-state index is 12.2.